The highest BCUT2D eigenvalue weighted by molar-refractivity contribution is 6.24. The number of benzene rings is 9. The highest BCUT2D eigenvalue weighted by Gasteiger charge is 2.38. The molecule has 0 amide bonds. The molecule has 0 aliphatic heterocycles. The molecule has 9 aromatic carbocycles. The van der Waals surface area contributed by atoms with Crippen LogP contribution in [0.3, 0.4) is 0 Å². The van der Waals surface area contributed by atoms with Crippen molar-refractivity contribution < 1.29 is 4.42 Å². The highest BCUT2D eigenvalue weighted by atomic mass is 16.3. The minimum atomic E-state index is -0.196. The van der Waals surface area contributed by atoms with Crippen LogP contribution in [0.25, 0.3) is 98.4 Å². The zero-order chi connectivity index (χ0) is 33.1. The van der Waals surface area contributed by atoms with Crippen LogP contribution in [0, 0.1) is 0 Å². The minimum absolute atomic E-state index is 0.196. The van der Waals surface area contributed by atoms with Crippen LogP contribution >= 0.6 is 0 Å². The average Bonchev–Trinajstić information content (AvgIpc) is 3.65. The first-order chi connectivity index (χ1) is 24.6. The van der Waals surface area contributed by atoms with Crippen LogP contribution in [0.4, 0.5) is 0 Å². The van der Waals surface area contributed by atoms with E-state index in [-0.39, 0.29) is 5.41 Å². The minimum Gasteiger partial charge on any atom is -0.455 e. The summed E-state index contributed by atoms with van der Waals surface area (Å²) in [4.78, 5) is 0. The van der Waals surface area contributed by atoms with Gasteiger partial charge < -0.3 is 4.42 Å². The standard InChI is InChI=1S/C49H32O/c1-49(2)42-27-24-31(28-41(42)39-25-22-30-23-26-40-33-15-9-10-21-43(33)50-48(40)45(30)47(39)49)44-35-16-5-7-18-37(35)46(38-19-8-6-17-36(38)44)34-20-11-13-29-12-3-4-14-32(29)34/h3-28H,1-2H3. The number of hydrogen-bond donors (Lipinski definition) is 0. The van der Waals surface area contributed by atoms with Crippen molar-refractivity contribution in [1.82, 2.24) is 0 Å². The maximum atomic E-state index is 6.65. The lowest BCUT2D eigenvalue weighted by molar-refractivity contribution is 0.656. The lowest BCUT2D eigenvalue weighted by atomic mass is 9.79. The van der Waals surface area contributed by atoms with Gasteiger partial charge in [-0.1, -0.05) is 153 Å². The van der Waals surface area contributed by atoms with Crippen molar-refractivity contribution in [3.8, 4) is 33.4 Å². The van der Waals surface area contributed by atoms with Crippen LogP contribution in [-0.4, -0.2) is 0 Å². The van der Waals surface area contributed by atoms with Gasteiger partial charge in [-0.3, -0.25) is 0 Å². The van der Waals surface area contributed by atoms with E-state index in [1.165, 1.54) is 98.4 Å². The molecule has 1 heteroatoms. The van der Waals surface area contributed by atoms with Gasteiger partial charge >= 0.3 is 0 Å². The molecule has 0 unspecified atom stereocenters. The first-order valence-corrected chi connectivity index (χ1v) is 17.5. The SMILES string of the molecule is CC1(C)c2ccc(-c3c4ccccc4c(-c4cccc5ccccc45)c4ccccc34)cc2-c2ccc3ccc4c5ccccc5oc4c3c21. The maximum absolute atomic E-state index is 6.65. The van der Waals surface area contributed by atoms with Crippen LogP contribution in [-0.2, 0) is 5.41 Å². The molecule has 0 radical (unpaired) electrons. The molecule has 1 nitrogen and oxygen atoms in total. The third-order valence-electron chi connectivity index (χ3n) is 11.4. The average molecular weight is 637 g/mol. The second-order valence-corrected chi connectivity index (χ2v) is 14.4. The summed E-state index contributed by atoms with van der Waals surface area (Å²) in [7, 11) is 0. The predicted octanol–water partition coefficient (Wildman–Crippen LogP) is 13.8. The van der Waals surface area contributed by atoms with Crippen LogP contribution in [0.2, 0.25) is 0 Å². The number of rotatable bonds is 2. The van der Waals surface area contributed by atoms with Crippen molar-refractivity contribution in [2.24, 2.45) is 0 Å². The van der Waals surface area contributed by atoms with E-state index in [0.717, 1.165) is 11.2 Å². The van der Waals surface area contributed by atoms with Gasteiger partial charge in [-0.2, -0.15) is 0 Å². The van der Waals surface area contributed by atoms with E-state index in [4.69, 9.17) is 4.42 Å². The first kappa shape index (κ1) is 27.7. The van der Waals surface area contributed by atoms with E-state index in [2.05, 4.69) is 172 Å². The first-order valence-electron chi connectivity index (χ1n) is 17.5. The summed E-state index contributed by atoms with van der Waals surface area (Å²) in [5, 5.41) is 12.4. The van der Waals surface area contributed by atoms with Gasteiger partial charge in [-0.25, -0.2) is 0 Å². The highest BCUT2D eigenvalue weighted by Crippen LogP contribution is 2.55. The van der Waals surface area contributed by atoms with Crippen molar-refractivity contribution in [2.45, 2.75) is 19.3 Å². The van der Waals surface area contributed by atoms with Crippen molar-refractivity contribution in [1.29, 1.82) is 0 Å². The number of furan rings is 1. The van der Waals surface area contributed by atoms with Gasteiger partial charge in [0.05, 0.1) is 0 Å². The molecule has 0 bridgehead atoms. The van der Waals surface area contributed by atoms with Gasteiger partial charge in [0.1, 0.15) is 11.2 Å². The van der Waals surface area contributed by atoms with E-state index >= 15 is 0 Å². The van der Waals surface area contributed by atoms with Crippen molar-refractivity contribution in [3.63, 3.8) is 0 Å². The summed E-state index contributed by atoms with van der Waals surface area (Å²) in [6.45, 7) is 4.75. The van der Waals surface area contributed by atoms with E-state index in [1.54, 1.807) is 0 Å². The fraction of sp³-hybridized carbons (Fsp3) is 0.0612. The van der Waals surface area contributed by atoms with Crippen LogP contribution in [0.15, 0.2) is 162 Å². The Bertz CT molecular complexity index is 3000. The summed E-state index contributed by atoms with van der Waals surface area (Å²) >= 11 is 0. The van der Waals surface area contributed by atoms with Crippen molar-refractivity contribution in [2.75, 3.05) is 0 Å². The number of hydrogen-bond acceptors (Lipinski definition) is 1. The van der Waals surface area contributed by atoms with Crippen LogP contribution < -0.4 is 0 Å². The number of fused-ring (bicyclic) bond motifs is 12. The molecule has 10 aromatic rings. The molecule has 234 valence electrons. The molecular weight excluding hydrogens is 605 g/mol. The topological polar surface area (TPSA) is 13.1 Å². The molecule has 1 aliphatic rings. The molecule has 0 saturated carbocycles. The van der Waals surface area contributed by atoms with Gasteiger partial charge in [0, 0.05) is 21.6 Å². The Morgan fingerprint density at radius 1 is 0.420 bits per heavy atom. The summed E-state index contributed by atoms with van der Waals surface area (Å²) < 4.78 is 6.65. The molecule has 1 aromatic heterocycles. The van der Waals surface area contributed by atoms with E-state index in [1.807, 2.05) is 0 Å². The third kappa shape index (κ3) is 3.62. The van der Waals surface area contributed by atoms with E-state index in [0.29, 0.717) is 0 Å². The van der Waals surface area contributed by atoms with E-state index in [9.17, 15) is 0 Å². The monoisotopic (exact) mass is 636 g/mol. The second kappa shape index (κ2) is 9.94. The van der Waals surface area contributed by atoms with Gasteiger partial charge in [-0.15, -0.1) is 0 Å². The van der Waals surface area contributed by atoms with Gasteiger partial charge in [-0.05, 0) is 100 Å². The molecule has 50 heavy (non-hydrogen) atoms. The Morgan fingerprint density at radius 2 is 1.04 bits per heavy atom. The number of para-hydroxylation sites is 1. The normalized spacial score (nSPS) is 13.6. The van der Waals surface area contributed by atoms with Crippen LogP contribution in [0.1, 0.15) is 25.0 Å². The van der Waals surface area contributed by atoms with Crippen LogP contribution in [0.5, 0.6) is 0 Å². The summed E-state index contributed by atoms with van der Waals surface area (Å²) in [6.07, 6.45) is 0. The Hall–Kier alpha value is -6.18. The van der Waals surface area contributed by atoms with E-state index < -0.39 is 0 Å². The molecular formula is C49H32O. The summed E-state index contributed by atoms with van der Waals surface area (Å²) in [6, 6.07) is 58.1. The largest absolute Gasteiger partial charge is 0.455 e. The lowest BCUT2D eigenvalue weighted by Gasteiger charge is -2.23. The molecule has 0 spiro atoms. The molecule has 1 heterocycles. The third-order valence-corrected chi connectivity index (χ3v) is 11.4. The summed E-state index contributed by atoms with van der Waals surface area (Å²) in [5.41, 5.74) is 12.2. The molecule has 0 saturated heterocycles. The Morgan fingerprint density at radius 3 is 1.80 bits per heavy atom. The molecule has 11 rings (SSSR count). The smallest absolute Gasteiger partial charge is 0.143 e. The van der Waals surface area contributed by atoms with Gasteiger partial charge in [0.2, 0.25) is 0 Å². The Labute approximate surface area is 290 Å². The maximum Gasteiger partial charge on any atom is 0.143 e. The fourth-order valence-electron chi connectivity index (χ4n) is 9.24. The van der Waals surface area contributed by atoms with Gasteiger partial charge in [0.25, 0.3) is 0 Å². The molecule has 0 N–H and O–H groups in total. The summed E-state index contributed by atoms with van der Waals surface area (Å²) in [5.74, 6) is 0. The lowest BCUT2D eigenvalue weighted by Crippen LogP contribution is -2.15. The van der Waals surface area contributed by atoms with Crippen molar-refractivity contribution >= 4 is 65.0 Å². The molecule has 0 fully saturated rings. The molecule has 0 atom stereocenters. The Balaban J connectivity index is 1.20. The molecule has 1 aliphatic carbocycles. The Kier molecular flexibility index (Phi) is 5.51. The zero-order valence-corrected chi connectivity index (χ0v) is 27.9. The van der Waals surface area contributed by atoms with Crippen molar-refractivity contribution in [3.05, 3.63) is 169 Å². The zero-order valence-electron chi connectivity index (χ0n) is 27.9. The predicted molar refractivity (Wildman–Crippen MR) is 212 cm³/mol. The quantitative estimate of drug-likeness (QED) is 0.172. The fourth-order valence-corrected chi connectivity index (χ4v) is 9.24. The second-order valence-electron chi connectivity index (χ2n) is 14.4. The van der Waals surface area contributed by atoms with Gasteiger partial charge in [0.15, 0.2) is 0 Å².